The molecule has 5 unspecified atom stereocenters. The molecule has 0 saturated heterocycles. The van der Waals surface area contributed by atoms with Crippen LogP contribution in [0.1, 0.15) is 138 Å². The van der Waals surface area contributed by atoms with E-state index in [2.05, 4.69) is 41.5 Å². The van der Waals surface area contributed by atoms with Crippen molar-refractivity contribution in [3.8, 4) is 0 Å². The van der Waals surface area contributed by atoms with Gasteiger partial charge in [-0.2, -0.15) is 0 Å². The molecule has 0 nitrogen and oxygen atoms in total. The SMILES string of the molecule is CCCC1(CC)C(C)=C(C)C2CCCCC(C)CCC(C)CCCCCCC21. The Labute approximate surface area is 178 Å². The second kappa shape index (κ2) is 11.8. The quantitative estimate of drug-likeness (QED) is 0.422. The highest BCUT2D eigenvalue weighted by molar-refractivity contribution is 5.30. The number of hydrogen-bond acceptors (Lipinski definition) is 0. The van der Waals surface area contributed by atoms with E-state index in [0.29, 0.717) is 5.41 Å². The van der Waals surface area contributed by atoms with Crippen LogP contribution in [0.15, 0.2) is 11.1 Å². The van der Waals surface area contributed by atoms with Crippen LogP contribution in [-0.2, 0) is 0 Å². The molecule has 0 aliphatic heterocycles. The lowest BCUT2D eigenvalue weighted by Gasteiger charge is -2.40. The normalized spacial score (nSPS) is 37.1. The zero-order chi connectivity index (χ0) is 20.6. The molecule has 28 heavy (non-hydrogen) atoms. The number of fused-ring (bicyclic) bond motifs is 1. The molecular weight excluding hydrogens is 336 g/mol. The van der Waals surface area contributed by atoms with Gasteiger partial charge in [0.25, 0.3) is 0 Å². The monoisotopic (exact) mass is 388 g/mol. The average Bonchev–Trinajstić information content (AvgIpc) is 2.87. The summed E-state index contributed by atoms with van der Waals surface area (Å²) >= 11 is 0. The molecule has 1 saturated carbocycles. The third-order valence-electron chi connectivity index (χ3n) is 8.99. The summed E-state index contributed by atoms with van der Waals surface area (Å²) in [6.45, 7) is 14.9. The average molecular weight is 389 g/mol. The molecule has 0 aromatic rings. The summed E-state index contributed by atoms with van der Waals surface area (Å²) in [4.78, 5) is 0. The van der Waals surface area contributed by atoms with Crippen LogP contribution in [0.4, 0.5) is 0 Å². The van der Waals surface area contributed by atoms with Gasteiger partial charge in [-0.25, -0.2) is 0 Å². The van der Waals surface area contributed by atoms with Gasteiger partial charge in [0.2, 0.25) is 0 Å². The molecule has 0 radical (unpaired) electrons. The van der Waals surface area contributed by atoms with Gasteiger partial charge < -0.3 is 0 Å². The van der Waals surface area contributed by atoms with E-state index in [4.69, 9.17) is 0 Å². The van der Waals surface area contributed by atoms with Gasteiger partial charge in [0.05, 0.1) is 0 Å². The summed E-state index contributed by atoms with van der Waals surface area (Å²) in [5.74, 6) is 3.70. The molecule has 0 aromatic heterocycles. The maximum absolute atomic E-state index is 2.51. The molecule has 0 heterocycles. The lowest BCUT2D eigenvalue weighted by Crippen LogP contribution is -2.31. The van der Waals surface area contributed by atoms with Crippen LogP contribution in [0.25, 0.3) is 0 Å². The standard InChI is InChI=1S/C28H52/c1-7-21-28(8-2)25(6)24(5)26-17-14-13-16-23(4)20-19-22(3)15-11-9-10-12-18-27(26)28/h22-23,26-27H,7-21H2,1-6H3. The molecule has 164 valence electrons. The van der Waals surface area contributed by atoms with Crippen molar-refractivity contribution in [1.29, 1.82) is 0 Å². The highest BCUT2D eigenvalue weighted by Crippen LogP contribution is 2.58. The van der Waals surface area contributed by atoms with Crippen molar-refractivity contribution in [2.75, 3.05) is 0 Å². The lowest BCUT2D eigenvalue weighted by molar-refractivity contribution is 0.143. The Kier molecular flexibility index (Phi) is 10.1. The fraction of sp³-hybridized carbons (Fsp3) is 0.929. The number of allylic oxidation sites excluding steroid dienone is 2. The van der Waals surface area contributed by atoms with Gasteiger partial charge in [-0.05, 0) is 68.6 Å². The third kappa shape index (κ3) is 5.89. The van der Waals surface area contributed by atoms with E-state index in [1.165, 1.54) is 96.3 Å². The second-order valence-electron chi connectivity index (χ2n) is 10.8. The largest absolute Gasteiger partial charge is 0.0704 e. The Bertz CT molecular complexity index is 472. The predicted molar refractivity (Wildman–Crippen MR) is 127 cm³/mol. The van der Waals surface area contributed by atoms with Gasteiger partial charge in [0, 0.05) is 0 Å². The molecule has 0 heteroatoms. The van der Waals surface area contributed by atoms with E-state index in [1.807, 2.05) is 0 Å². The smallest absolute Gasteiger partial charge is 0.00569 e. The minimum absolute atomic E-state index is 0.525. The van der Waals surface area contributed by atoms with E-state index >= 15 is 0 Å². The first kappa shape index (κ1) is 24.0. The van der Waals surface area contributed by atoms with Gasteiger partial charge in [-0.1, -0.05) is 109 Å². The van der Waals surface area contributed by atoms with Gasteiger partial charge in [-0.15, -0.1) is 0 Å². The van der Waals surface area contributed by atoms with Crippen molar-refractivity contribution in [2.45, 2.75) is 138 Å². The maximum atomic E-state index is 2.51. The topological polar surface area (TPSA) is 0 Å². The van der Waals surface area contributed by atoms with E-state index in [1.54, 1.807) is 11.1 Å². The number of rotatable bonds is 3. The second-order valence-corrected chi connectivity index (χ2v) is 10.8. The predicted octanol–water partition coefficient (Wildman–Crippen LogP) is 9.73. The van der Waals surface area contributed by atoms with Crippen molar-refractivity contribution >= 4 is 0 Å². The minimum atomic E-state index is 0.525. The zero-order valence-electron chi connectivity index (χ0n) is 20.4. The minimum Gasteiger partial charge on any atom is -0.0704 e. The Balaban J connectivity index is 2.11. The molecule has 0 N–H and O–H groups in total. The molecule has 0 spiro atoms. The molecule has 0 amide bonds. The van der Waals surface area contributed by atoms with Crippen molar-refractivity contribution in [3.63, 3.8) is 0 Å². The summed E-state index contributed by atoms with van der Waals surface area (Å²) in [7, 11) is 0. The Morgan fingerprint density at radius 1 is 0.714 bits per heavy atom. The third-order valence-corrected chi connectivity index (χ3v) is 8.99. The van der Waals surface area contributed by atoms with Gasteiger partial charge in [0.15, 0.2) is 0 Å². The molecule has 2 aliphatic carbocycles. The molecule has 5 atom stereocenters. The van der Waals surface area contributed by atoms with Crippen LogP contribution < -0.4 is 0 Å². The van der Waals surface area contributed by atoms with Crippen molar-refractivity contribution < 1.29 is 0 Å². The maximum Gasteiger partial charge on any atom is -0.00569 e. The molecular formula is C28H52. The molecule has 0 bridgehead atoms. The van der Waals surface area contributed by atoms with E-state index in [9.17, 15) is 0 Å². The zero-order valence-corrected chi connectivity index (χ0v) is 20.4. The first-order valence-electron chi connectivity index (χ1n) is 13.1. The Hall–Kier alpha value is -0.260. The molecule has 2 aliphatic rings. The fourth-order valence-electron chi connectivity index (χ4n) is 6.98. The summed E-state index contributed by atoms with van der Waals surface area (Å²) in [5.41, 5.74) is 4.12. The summed E-state index contributed by atoms with van der Waals surface area (Å²) in [6.07, 6.45) is 21.7. The molecule has 2 rings (SSSR count). The van der Waals surface area contributed by atoms with Crippen LogP contribution >= 0.6 is 0 Å². The van der Waals surface area contributed by atoms with Crippen LogP contribution in [0.5, 0.6) is 0 Å². The highest BCUT2D eigenvalue weighted by atomic mass is 14.5. The number of hydrogen-bond donors (Lipinski definition) is 0. The van der Waals surface area contributed by atoms with Crippen molar-refractivity contribution in [3.05, 3.63) is 11.1 Å². The van der Waals surface area contributed by atoms with Crippen molar-refractivity contribution in [1.82, 2.24) is 0 Å². The highest BCUT2D eigenvalue weighted by Gasteiger charge is 2.47. The van der Waals surface area contributed by atoms with Crippen LogP contribution in [0.3, 0.4) is 0 Å². The Morgan fingerprint density at radius 2 is 1.25 bits per heavy atom. The Morgan fingerprint density at radius 3 is 1.82 bits per heavy atom. The lowest BCUT2D eigenvalue weighted by atomic mass is 9.65. The summed E-state index contributed by atoms with van der Waals surface area (Å²) in [6, 6.07) is 0. The van der Waals surface area contributed by atoms with E-state index in [0.717, 1.165) is 23.7 Å². The first-order valence-corrected chi connectivity index (χ1v) is 13.1. The molecule has 0 aromatic carbocycles. The van der Waals surface area contributed by atoms with Crippen LogP contribution in [-0.4, -0.2) is 0 Å². The fourth-order valence-corrected chi connectivity index (χ4v) is 6.98. The summed E-state index contributed by atoms with van der Waals surface area (Å²) < 4.78 is 0. The van der Waals surface area contributed by atoms with Gasteiger partial charge in [0.1, 0.15) is 0 Å². The van der Waals surface area contributed by atoms with E-state index < -0.39 is 0 Å². The van der Waals surface area contributed by atoms with Crippen molar-refractivity contribution in [2.24, 2.45) is 29.1 Å². The summed E-state index contributed by atoms with van der Waals surface area (Å²) in [5, 5.41) is 0. The van der Waals surface area contributed by atoms with Crippen LogP contribution in [0.2, 0.25) is 0 Å². The van der Waals surface area contributed by atoms with Gasteiger partial charge >= 0.3 is 0 Å². The first-order chi connectivity index (χ1) is 13.5. The van der Waals surface area contributed by atoms with E-state index in [-0.39, 0.29) is 0 Å². The van der Waals surface area contributed by atoms with Gasteiger partial charge in [-0.3, -0.25) is 0 Å². The van der Waals surface area contributed by atoms with Crippen LogP contribution in [0, 0.1) is 29.1 Å². The molecule has 1 fully saturated rings.